The Balaban J connectivity index is 1.66. The highest BCUT2D eigenvalue weighted by Crippen LogP contribution is 2.27. The first kappa shape index (κ1) is 32.8. The molecule has 1 atom stereocenters. The third-order valence-electron chi connectivity index (χ3n) is 7.75. The van der Waals surface area contributed by atoms with Gasteiger partial charge in [0.1, 0.15) is 29.9 Å². The molecular weight excluding hydrogens is 585 g/mol. The van der Waals surface area contributed by atoms with Crippen LogP contribution in [0.25, 0.3) is 0 Å². The zero-order chi connectivity index (χ0) is 31.7. The molecule has 3 aromatic carbocycles. The van der Waals surface area contributed by atoms with Gasteiger partial charge in [0.2, 0.25) is 11.8 Å². The molecule has 1 unspecified atom stereocenters. The van der Waals surface area contributed by atoms with Crippen LogP contribution in [0.4, 0.5) is 10.1 Å². The fraction of sp³-hybridized carbons (Fsp3) is 0.394. The Morgan fingerprint density at radius 2 is 1.55 bits per heavy atom. The first-order valence-corrected chi connectivity index (χ1v) is 16.3. The second kappa shape index (κ2) is 15.1. The smallest absolute Gasteiger partial charge is 0.264 e. The minimum atomic E-state index is -4.29. The highest BCUT2D eigenvalue weighted by atomic mass is 32.2. The number of sulfonamides is 1. The maximum atomic E-state index is 14.1. The lowest BCUT2D eigenvalue weighted by molar-refractivity contribution is -0.139. The zero-order valence-electron chi connectivity index (χ0n) is 25.4. The summed E-state index contributed by atoms with van der Waals surface area (Å²) in [5.41, 5.74) is 0.844. The van der Waals surface area contributed by atoms with Gasteiger partial charge >= 0.3 is 0 Å². The van der Waals surface area contributed by atoms with Crippen molar-refractivity contribution >= 4 is 27.5 Å². The molecule has 0 aromatic heterocycles. The third kappa shape index (κ3) is 8.28. The SMILES string of the molecule is CCOc1ccc(S(=O)(=O)N(CC(=O)N(Cc2ccc(OC)cc2)C(C)C(=O)NC2CCCCC2)c2ccc(F)cc2)cc1. The predicted octanol–water partition coefficient (Wildman–Crippen LogP) is 5.29. The Morgan fingerprint density at radius 3 is 2.14 bits per heavy atom. The lowest BCUT2D eigenvalue weighted by Crippen LogP contribution is -2.53. The van der Waals surface area contributed by atoms with Crippen molar-refractivity contribution in [3.63, 3.8) is 0 Å². The number of carbonyl (C=O) groups excluding carboxylic acids is 2. The van der Waals surface area contributed by atoms with Crippen LogP contribution < -0.4 is 19.1 Å². The van der Waals surface area contributed by atoms with E-state index in [4.69, 9.17) is 9.47 Å². The van der Waals surface area contributed by atoms with Crippen molar-refractivity contribution in [2.45, 2.75) is 69.5 Å². The zero-order valence-corrected chi connectivity index (χ0v) is 26.2. The minimum absolute atomic E-state index is 0.0346. The molecule has 0 saturated heterocycles. The summed E-state index contributed by atoms with van der Waals surface area (Å²) < 4.78 is 53.4. The molecule has 9 nitrogen and oxygen atoms in total. The minimum Gasteiger partial charge on any atom is -0.497 e. The number of benzene rings is 3. The van der Waals surface area contributed by atoms with Crippen molar-refractivity contribution in [2.75, 3.05) is 24.6 Å². The van der Waals surface area contributed by atoms with Gasteiger partial charge in [-0.25, -0.2) is 12.8 Å². The monoisotopic (exact) mass is 625 g/mol. The molecule has 0 aliphatic heterocycles. The van der Waals surface area contributed by atoms with E-state index in [0.717, 1.165) is 54.1 Å². The average Bonchev–Trinajstić information content (AvgIpc) is 3.03. The Labute approximate surface area is 259 Å². The van der Waals surface area contributed by atoms with Gasteiger partial charge in [-0.1, -0.05) is 31.4 Å². The Morgan fingerprint density at radius 1 is 0.932 bits per heavy atom. The molecule has 236 valence electrons. The lowest BCUT2D eigenvalue weighted by Gasteiger charge is -2.33. The van der Waals surface area contributed by atoms with E-state index in [0.29, 0.717) is 18.1 Å². The molecule has 0 heterocycles. The van der Waals surface area contributed by atoms with Crippen molar-refractivity contribution in [3.8, 4) is 11.5 Å². The van der Waals surface area contributed by atoms with Crippen LogP contribution in [0.15, 0.2) is 77.7 Å². The van der Waals surface area contributed by atoms with Gasteiger partial charge in [-0.3, -0.25) is 13.9 Å². The molecule has 3 aromatic rings. The topological polar surface area (TPSA) is 105 Å². The second-order valence-corrected chi connectivity index (χ2v) is 12.6. The Kier molecular flexibility index (Phi) is 11.2. The molecular formula is C33H40FN3O6S. The van der Waals surface area contributed by atoms with Crippen LogP contribution in [-0.2, 0) is 26.2 Å². The third-order valence-corrected chi connectivity index (χ3v) is 9.54. The Bertz CT molecular complexity index is 1490. The maximum Gasteiger partial charge on any atom is 0.264 e. The fourth-order valence-electron chi connectivity index (χ4n) is 5.22. The number of rotatable bonds is 13. The summed E-state index contributed by atoms with van der Waals surface area (Å²) in [7, 11) is -2.73. The summed E-state index contributed by atoms with van der Waals surface area (Å²) in [5, 5.41) is 3.08. The van der Waals surface area contributed by atoms with Gasteiger partial charge < -0.3 is 19.7 Å². The molecule has 1 aliphatic carbocycles. The summed E-state index contributed by atoms with van der Waals surface area (Å²) in [6, 6.07) is 17.0. The van der Waals surface area contributed by atoms with Crippen molar-refractivity contribution in [3.05, 3.63) is 84.2 Å². The molecule has 0 radical (unpaired) electrons. The van der Waals surface area contributed by atoms with Gasteiger partial charge in [-0.15, -0.1) is 0 Å². The van der Waals surface area contributed by atoms with Gasteiger partial charge in [-0.05, 0) is 92.9 Å². The van der Waals surface area contributed by atoms with Crippen LogP contribution in [0.3, 0.4) is 0 Å². The molecule has 0 bridgehead atoms. The number of hydrogen-bond donors (Lipinski definition) is 1. The van der Waals surface area contributed by atoms with E-state index >= 15 is 0 Å². The molecule has 2 amide bonds. The number of nitrogens with zero attached hydrogens (tertiary/aromatic N) is 2. The molecule has 44 heavy (non-hydrogen) atoms. The second-order valence-electron chi connectivity index (χ2n) is 10.8. The molecule has 11 heteroatoms. The van der Waals surface area contributed by atoms with E-state index in [1.54, 1.807) is 38.3 Å². The van der Waals surface area contributed by atoms with E-state index < -0.39 is 34.3 Å². The summed E-state index contributed by atoms with van der Waals surface area (Å²) >= 11 is 0. The van der Waals surface area contributed by atoms with Crippen molar-refractivity contribution < 1.29 is 31.9 Å². The van der Waals surface area contributed by atoms with Gasteiger partial charge in [0, 0.05) is 12.6 Å². The molecule has 1 saturated carbocycles. The largest absolute Gasteiger partial charge is 0.497 e. The summed E-state index contributed by atoms with van der Waals surface area (Å²) in [6.45, 7) is 3.32. The van der Waals surface area contributed by atoms with E-state index in [2.05, 4.69) is 5.32 Å². The van der Waals surface area contributed by atoms with Gasteiger partial charge in [0.25, 0.3) is 10.0 Å². The van der Waals surface area contributed by atoms with Crippen LogP contribution in [0.2, 0.25) is 0 Å². The van der Waals surface area contributed by atoms with E-state index in [1.807, 2.05) is 6.92 Å². The van der Waals surface area contributed by atoms with Crippen molar-refractivity contribution in [1.29, 1.82) is 0 Å². The fourth-order valence-corrected chi connectivity index (χ4v) is 6.63. The maximum absolute atomic E-state index is 14.1. The van der Waals surface area contributed by atoms with Crippen LogP contribution >= 0.6 is 0 Å². The Hall–Kier alpha value is -4.12. The highest BCUT2D eigenvalue weighted by molar-refractivity contribution is 7.92. The van der Waals surface area contributed by atoms with E-state index in [-0.39, 0.29) is 29.1 Å². The number of methoxy groups -OCH3 is 1. The highest BCUT2D eigenvalue weighted by Gasteiger charge is 2.33. The number of amides is 2. The number of halogens is 1. The first-order chi connectivity index (χ1) is 21.1. The van der Waals surface area contributed by atoms with Crippen LogP contribution in [0.1, 0.15) is 51.5 Å². The van der Waals surface area contributed by atoms with Crippen LogP contribution in [0.5, 0.6) is 11.5 Å². The first-order valence-electron chi connectivity index (χ1n) is 14.9. The lowest BCUT2D eigenvalue weighted by atomic mass is 9.95. The van der Waals surface area contributed by atoms with Gasteiger partial charge in [-0.2, -0.15) is 0 Å². The average molecular weight is 626 g/mol. The summed E-state index contributed by atoms with van der Waals surface area (Å²) in [4.78, 5) is 28.8. The summed E-state index contributed by atoms with van der Waals surface area (Å²) in [6.07, 6.45) is 4.95. The number of anilines is 1. The molecule has 1 N–H and O–H groups in total. The van der Waals surface area contributed by atoms with Crippen LogP contribution in [0, 0.1) is 5.82 Å². The van der Waals surface area contributed by atoms with Crippen molar-refractivity contribution in [2.24, 2.45) is 0 Å². The van der Waals surface area contributed by atoms with E-state index in [1.165, 1.54) is 41.3 Å². The molecule has 0 spiro atoms. The van der Waals surface area contributed by atoms with Gasteiger partial charge in [0.15, 0.2) is 0 Å². The van der Waals surface area contributed by atoms with Gasteiger partial charge in [0.05, 0.1) is 24.3 Å². The molecule has 1 fully saturated rings. The van der Waals surface area contributed by atoms with Crippen molar-refractivity contribution in [1.82, 2.24) is 10.2 Å². The molecule has 1 aliphatic rings. The number of ether oxygens (including phenoxy) is 2. The molecule has 4 rings (SSSR count). The number of hydrogen-bond acceptors (Lipinski definition) is 6. The number of nitrogens with one attached hydrogen (secondary N) is 1. The predicted molar refractivity (Wildman–Crippen MR) is 167 cm³/mol. The van der Waals surface area contributed by atoms with Crippen LogP contribution in [-0.4, -0.2) is 57.5 Å². The van der Waals surface area contributed by atoms with E-state index in [9.17, 15) is 22.4 Å². The quantitative estimate of drug-likeness (QED) is 0.277. The normalized spacial score (nSPS) is 14.4. The summed E-state index contributed by atoms with van der Waals surface area (Å²) in [5.74, 6) is -0.307. The standard InChI is InChI=1S/C33H40FN3O6S/c1-4-43-30-18-20-31(21-19-30)44(40,41)37(28-14-12-26(34)13-15-28)23-32(38)36(22-25-10-16-29(42-3)17-11-25)24(2)33(39)35-27-8-6-5-7-9-27/h10-21,24,27H,4-9,22-23H2,1-3H3,(H,35,39). The number of carbonyl (C=O) groups is 2.